The molecule has 0 atom stereocenters. The summed E-state index contributed by atoms with van der Waals surface area (Å²) in [5, 5.41) is 0.272. The minimum atomic E-state index is -3.58. The van der Waals surface area contributed by atoms with Gasteiger partial charge in [-0.2, -0.15) is 4.31 Å². The van der Waals surface area contributed by atoms with Crippen molar-refractivity contribution in [3.8, 4) is 0 Å². The molecule has 1 aromatic heterocycles. The number of piperazine rings is 1. The predicted octanol–water partition coefficient (Wildman–Crippen LogP) is 3.45. The number of sulfonamides is 1. The summed E-state index contributed by atoms with van der Waals surface area (Å²) in [4.78, 5) is 13.9. The molecule has 2 heterocycles. The lowest BCUT2D eigenvalue weighted by molar-refractivity contribution is 0.0693. The van der Waals surface area contributed by atoms with Gasteiger partial charge in [-0.05, 0) is 46.3 Å². The Morgan fingerprint density at radius 1 is 1.16 bits per heavy atom. The summed E-state index contributed by atoms with van der Waals surface area (Å²) in [6, 6.07) is 7.02. The highest BCUT2D eigenvalue weighted by atomic mass is 79.9. The summed E-state index contributed by atoms with van der Waals surface area (Å²) >= 11 is 10.2. The molecule has 1 saturated heterocycles. The quantitative estimate of drug-likeness (QED) is 0.695. The molecule has 3 rings (SSSR count). The number of thiophene rings is 1. The van der Waals surface area contributed by atoms with Crippen LogP contribution in [0.25, 0.3) is 0 Å². The maximum absolute atomic E-state index is 13.8. The summed E-state index contributed by atoms with van der Waals surface area (Å²) < 4.78 is 41.3. The molecule has 0 saturated carbocycles. The van der Waals surface area contributed by atoms with Gasteiger partial charge in [-0.15, -0.1) is 11.3 Å². The third kappa shape index (κ3) is 3.90. The number of halogens is 3. The number of hydrogen-bond donors (Lipinski definition) is 0. The number of carbonyl (C=O) groups excluding carboxylic acids is 1. The number of amides is 1. The van der Waals surface area contributed by atoms with Gasteiger partial charge in [0.25, 0.3) is 15.9 Å². The Morgan fingerprint density at radius 3 is 2.44 bits per heavy atom. The van der Waals surface area contributed by atoms with Crippen LogP contribution < -0.4 is 0 Å². The van der Waals surface area contributed by atoms with Gasteiger partial charge < -0.3 is 4.90 Å². The van der Waals surface area contributed by atoms with Gasteiger partial charge in [-0.3, -0.25) is 4.79 Å². The maximum Gasteiger partial charge on any atom is 0.256 e. The van der Waals surface area contributed by atoms with Crippen molar-refractivity contribution in [2.45, 2.75) is 4.21 Å². The van der Waals surface area contributed by atoms with Gasteiger partial charge in [0.15, 0.2) is 0 Å². The third-order valence-corrected chi connectivity index (χ3v) is 8.05. The van der Waals surface area contributed by atoms with Crippen molar-refractivity contribution in [2.75, 3.05) is 26.2 Å². The molecule has 0 N–H and O–H groups in total. The Kier molecular flexibility index (Phi) is 5.50. The Bertz CT molecular complexity index is 911. The van der Waals surface area contributed by atoms with Crippen molar-refractivity contribution < 1.29 is 17.6 Å². The van der Waals surface area contributed by atoms with Gasteiger partial charge in [0.2, 0.25) is 0 Å². The van der Waals surface area contributed by atoms with E-state index in [0.29, 0.717) is 0 Å². The van der Waals surface area contributed by atoms with E-state index >= 15 is 0 Å². The molecule has 0 bridgehead atoms. The molecule has 1 aliphatic rings. The van der Waals surface area contributed by atoms with Crippen molar-refractivity contribution in [3.63, 3.8) is 0 Å². The average Bonchev–Trinajstić information content (AvgIpc) is 3.04. The molecular weight excluding hydrogens is 455 g/mol. The Labute approximate surface area is 162 Å². The first-order chi connectivity index (χ1) is 11.8. The summed E-state index contributed by atoms with van der Waals surface area (Å²) in [6.07, 6.45) is 0. The van der Waals surface area contributed by atoms with Crippen LogP contribution in [0.5, 0.6) is 0 Å². The van der Waals surface area contributed by atoms with Gasteiger partial charge in [-0.25, -0.2) is 12.8 Å². The van der Waals surface area contributed by atoms with Crippen LogP contribution >= 0.6 is 38.9 Å². The number of carbonyl (C=O) groups is 1. The Hall–Kier alpha value is -1.000. The number of nitrogens with zero attached hydrogens (tertiary/aromatic N) is 2. The molecule has 10 heteroatoms. The Balaban J connectivity index is 1.71. The number of benzene rings is 1. The minimum Gasteiger partial charge on any atom is -0.336 e. The van der Waals surface area contributed by atoms with Gasteiger partial charge >= 0.3 is 0 Å². The molecule has 5 nitrogen and oxygen atoms in total. The van der Waals surface area contributed by atoms with Crippen LogP contribution in [0.1, 0.15) is 10.4 Å². The topological polar surface area (TPSA) is 57.7 Å². The zero-order valence-corrected chi connectivity index (χ0v) is 16.8. The largest absolute Gasteiger partial charge is 0.336 e. The molecule has 1 aliphatic heterocycles. The standard InChI is InChI=1S/C15H13BrClFN2O3S2/c16-13-3-4-14(24-13)25(22,23)20-7-5-19(6-8-20)15(21)11-9-10(17)1-2-12(11)18/h1-4,9H,5-8H2. The summed E-state index contributed by atoms with van der Waals surface area (Å²) in [5.74, 6) is -1.14. The van der Waals surface area contributed by atoms with Crippen molar-refractivity contribution in [1.82, 2.24) is 9.21 Å². The summed E-state index contributed by atoms with van der Waals surface area (Å²) in [7, 11) is -3.58. The third-order valence-electron chi connectivity index (χ3n) is 3.83. The second kappa shape index (κ2) is 7.32. The van der Waals surface area contributed by atoms with Crippen LogP contribution in [0.3, 0.4) is 0 Å². The molecular formula is C15H13BrClFN2O3S2. The second-order valence-corrected chi connectivity index (χ2v) is 10.4. The number of rotatable bonds is 3. The van der Waals surface area contributed by atoms with Crippen molar-refractivity contribution in [2.24, 2.45) is 0 Å². The van der Waals surface area contributed by atoms with Gasteiger partial charge in [0.1, 0.15) is 10.0 Å². The Morgan fingerprint density at radius 2 is 1.84 bits per heavy atom. The predicted molar refractivity (Wildman–Crippen MR) is 98.1 cm³/mol. The van der Waals surface area contributed by atoms with E-state index in [1.165, 1.54) is 21.3 Å². The van der Waals surface area contributed by atoms with Crippen LogP contribution in [0.4, 0.5) is 4.39 Å². The van der Waals surface area contributed by atoms with E-state index in [1.807, 2.05) is 0 Å². The normalized spacial score (nSPS) is 16.2. The first kappa shape index (κ1) is 18.8. The molecule has 1 aromatic carbocycles. The van der Waals surface area contributed by atoms with Gasteiger partial charge in [-0.1, -0.05) is 11.6 Å². The molecule has 0 spiro atoms. The second-order valence-electron chi connectivity index (χ2n) is 5.38. The fourth-order valence-corrected chi connectivity index (χ4v) is 6.29. The van der Waals surface area contributed by atoms with E-state index in [1.54, 1.807) is 12.1 Å². The van der Waals surface area contributed by atoms with Crippen LogP contribution in [-0.2, 0) is 10.0 Å². The minimum absolute atomic E-state index is 0.106. The van der Waals surface area contributed by atoms with Crippen LogP contribution in [0, 0.1) is 5.82 Å². The molecule has 2 aromatic rings. The average molecular weight is 468 g/mol. The molecule has 0 radical (unpaired) electrons. The maximum atomic E-state index is 13.8. The first-order valence-corrected chi connectivity index (χ1v) is 10.7. The molecule has 1 fully saturated rings. The monoisotopic (exact) mass is 466 g/mol. The summed E-state index contributed by atoms with van der Waals surface area (Å²) in [5.41, 5.74) is -0.106. The van der Waals surface area contributed by atoms with Crippen molar-refractivity contribution >= 4 is 54.8 Å². The van der Waals surface area contributed by atoms with E-state index < -0.39 is 21.7 Å². The molecule has 25 heavy (non-hydrogen) atoms. The highest BCUT2D eigenvalue weighted by Crippen LogP contribution is 2.29. The lowest BCUT2D eigenvalue weighted by atomic mass is 10.1. The number of hydrogen-bond acceptors (Lipinski definition) is 4. The fraction of sp³-hybridized carbons (Fsp3) is 0.267. The highest BCUT2D eigenvalue weighted by Gasteiger charge is 2.32. The van der Waals surface area contributed by atoms with Crippen molar-refractivity contribution in [1.29, 1.82) is 0 Å². The SMILES string of the molecule is O=C(c1cc(Cl)ccc1F)N1CCN(S(=O)(=O)c2ccc(Br)s2)CC1. The van der Waals surface area contributed by atoms with E-state index in [-0.39, 0.29) is 41.0 Å². The molecule has 134 valence electrons. The van der Waals surface area contributed by atoms with Crippen LogP contribution in [0.2, 0.25) is 5.02 Å². The van der Waals surface area contributed by atoms with E-state index in [9.17, 15) is 17.6 Å². The molecule has 1 amide bonds. The van der Waals surface area contributed by atoms with E-state index in [0.717, 1.165) is 21.2 Å². The highest BCUT2D eigenvalue weighted by molar-refractivity contribution is 9.11. The van der Waals surface area contributed by atoms with Gasteiger partial charge in [0.05, 0.1) is 9.35 Å². The first-order valence-electron chi connectivity index (χ1n) is 7.29. The smallest absolute Gasteiger partial charge is 0.256 e. The summed E-state index contributed by atoms with van der Waals surface area (Å²) in [6.45, 7) is 0.699. The lowest BCUT2D eigenvalue weighted by Gasteiger charge is -2.33. The zero-order valence-electron chi connectivity index (χ0n) is 12.8. The van der Waals surface area contributed by atoms with E-state index in [4.69, 9.17) is 11.6 Å². The van der Waals surface area contributed by atoms with Gasteiger partial charge in [0, 0.05) is 31.2 Å². The zero-order chi connectivity index (χ0) is 18.2. The fourth-order valence-electron chi connectivity index (χ4n) is 2.53. The lowest BCUT2D eigenvalue weighted by Crippen LogP contribution is -2.50. The van der Waals surface area contributed by atoms with E-state index in [2.05, 4.69) is 15.9 Å². The molecule has 0 unspecified atom stereocenters. The molecule has 0 aliphatic carbocycles. The van der Waals surface area contributed by atoms with Crippen LogP contribution in [0.15, 0.2) is 38.3 Å². The van der Waals surface area contributed by atoms with Crippen LogP contribution in [-0.4, -0.2) is 49.7 Å². The van der Waals surface area contributed by atoms with Crippen molar-refractivity contribution in [3.05, 3.63) is 50.5 Å².